The van der Waals surface area contributed by atoms with E-state index in [1.807, 2.05) is 6.92 Å². The third-order valence-corrected chi connectivity index (χ3v) is 4.77. The number of hydrogen-bond donors (Lipinski definition) is 1. The Bertz CT molecular complexity index is 643. The molecule has 6 nitrogen and oxygen atoms in total. The first-order valence-electron chi connectivity index (χ1n) is 9.15. The summed E-state index contributed by atoms with van der Waals surface area (Å²) in [6.45, 7) is 5.95. The number of benzene rings is 1. The van der Waals surface area contributed by atoms with Crippen molar-refractivity contribution in [3.63, 3.8) is 0 Å². The van der Waals surface area contributed by atoms with E-state index in [0.717, 1.165) is 12.8 Å². The highest BCUT2D eigenvalue weighted by Crippen LogP contribution is 2.37. The summed E-state index contributed by atoms with van der Waals surface area (Å²) in [4.78, 5) is 25.8. The van der Waals surface area contributed by atoms with E-state index in [2.05, 4.69) is 6.92 Å². The number of carbonyl (C=O) groups is 2. The minimum Gasteiger partial charge on any atom is -0.490 e. The van der Waals surface area contributed by atoms with Crippen LogP contribution in [-0.2, 0) is 4.79 Å². The van der Waals surface area contributed by atoms with Crippen LogP contribution in [0, 0.1) is 5.92 Å². The lowest BCUT2D eigenvalue weighted by atomic mass is 9.96. The third-order valence-electron chi connectivity index (χ3n) is 4.49. The summed E-state index contributed by atoms with van der Waals surface area (Å²) < 4.78 is 11.4. The lowest BCUT2D eigenvalue weighted by molar-refractivity contribution is -0.123. The molecule has 1 aromatic rings. The highest BCUT2D eigenvalue weighted by Gasteiger charge is 2.27. The molecule has 1 aliphatic heterocycles. The number of unbranched alkanes of at least 4 members (excludes halogenated alkanes) is 1. The second-order valence-corrected chi connectivity index (χ2v) is 6.80. The zero-order valence-electron chi connectivity index (χ0n) is 15.4. The SMILES string of the molecule is CCCCOc1c(Cl)cc(C(=O)N2CCC(C(N)=O)CC2)cc1OCC. The van der Waals surface area contributed by atoms with Gasteiger partial charge in [0.05, 0.1) is 18.2 Å². The standard InChI is InChI=1S/C19H27ClN2O4/c1-3-5-10-26-17-15(20)11-14(12-16(17)25-4-2)19(24)22-8-6-13(7-9-22)18(21)23/h11-13H,3-10H2,1-2H3,(H2,21,23). The first kappa shape index (κ1) is 20.4. The molecule has 26 heavy (non-hydrogen) atoms. The molecule has 0 radical (unpaired) electrons. The number of nitrogens with two attached hydrogens (primary N) is 1. The number of likely N-dealkylation sites (tertiary alicyclic amines) is 1. The fourth-order valence-corrected chi connectivity index (χ4v) is 3.23. The summed E-state index contributed by atoms with van der Waals surface area (Å²) >= 11 is 6.36. The van der Waals surface area contributed by atoms with Crippen molar-refractivity contribution in [2.75, 3.05) is 26.3 Å². The molecule has 1 fully saturated rings. The molecule has 0 atom stereocenters. The van der Waals surface area contributed by atoms with Crippen LogP contribution in [0.5, 0.6) is 11.5 Å². The Hall–Kier alpha value is -1.95. The van der Waals surface area contributed by atoms with Gasteiger partial charge in [0.1, 0.15) is 0 Å². The lowest BCUT2D eigenvalue weighted by Gasteiger charge is -2.30. The van der Waals surface area contributed by atoms with E-state index in [1.165, 1.54) is 0 Å². The number of halogens is 1. The normalized spacial score (nSPS) is 15.0. The zero-order chi connectivity index (χ0) is 19.1. The van der Waals surface area contributed by atoms with E-state index in [4.69, 9.17) is 26.8 Å². The molecule has 0 spiro atoms. The van der Waals surface area contributed by atoms with Gasteiger partial charge >= 0.3 is 0 Å². The quantitative estimate of drug-likeness (QED) is 0.699. The van der Waals surface area contributed by atoms with Crippen LogP contribution in [0.2, 0.25) is 5.02 Å². The Labute approximate surface area is 159 Å². The van der Waals surface area contributed by atoms with E-state index in [0.29, 0.717) is 61.2 Å². The molecule has 2 N–H and O–H groups in total. The van der Waals surface area contributed by atoms with Crippen LogP contribution in [0.3, 0.4) is 0 Å². The maximum atomic E-state index is 12.8. The molecule has 1 saturated heterocycles. The fraction of sp³-hybridized carbons (Fsp3) is 0.579. The van der Waals surface area contributed by atoms with E-state index < -0.39 is 0 Å². The minimum atomic E-state index is -0.299. The van der Waals surface area contributed by atoms with Gasteiger partial charge in [0, 0.05) is 24.6 Å². The summed E-state index contributed by atoms with van der Waals surface area (Å²) in [5.41, 5.74) is 5.81. The van der Waals surface area contributed by atoms with Crippen LogP contribution in [0.15, 0.2) is 12.1 Å². The molecule has 0 aromatic heterocycles. The topological polar surface area (TPSA) is 81.9 Å². The molecule has 2 amide bonds. The van der Waals surface area contributed by atoms with Crippen molar-refractivity contribution in [1.82, 2.24) is 4.90 Å². The van der Waals surface area contributed by atoms with E-state index in [-0.39, 0.29) is 17.7 Å². The van der Waals surface area contributed by atoms with Gasteiger partial charge in [-0.15, -0.1) is 0 Å². The summed E-state index contributed by atoms with van der Waals surface area (Å²) in [6.07, 6.45) is 3.10. The van der Waals surface area contributed by atoms with Crippen molar-refractivity contribution >= 4 is 23.4 Å². The van der Waals surface area contributed by atoms with E-state index in [9.17, 15) is 9.59 Å². The molecule has 0 unspecified atom stereocenters. The number of carbonyl (C=O) groups excluding carboxylic acids is 2. The Morgan fingerprint density at radius 3 is 2.50 bits per heavy atom. The van der Waals surface area contributed by atoms with Gasteiger partial charge in [-0.3, -0.25) is 9.59 Å². The summed E-state index contributed by atoms with van der Waals surface area (Å²) in [7, 11) is 0. The Morgan fingerprint density at radius 1 is 1.23 bits per heavy atom. The first-order chi connectivity index (χ1) is 12.5. The number of amides is 2. The van der Waals surface area contributed by atoms with Crippen LogP contribution >= 0.6 is 11.6 Å². The van der Waals surface area contributed by atoms with E-state index >= 15 is 0 Å². The molecule has 0 bridgehead atoms. The van der Waals surface area contributed by atoms with Crippen LogP contribution in [0.25, 0.3) is 0 Å². The highest BCUT2D eigenvalue weighted by molar-refractivity contribution is 6.32. The number of piperidine rings is 1. The molecular formula is C19H27ClN2O4. The van der Waals surface area contributed by atoms with Crippen molar-refractivity contribution in [3.05, 3.63) is 22.7 Å². The van der Waals surface area contributed by atoms with Gasteiger partial charge in [-0.2, -0.15) is 0 Å². The first-order valence-corrected chi connectivity index (χ1v) is 9.53. The van der Waals surface area contributed by atoms with Crippen molar-refractivity contribution in [3.8, 4) is 11.5 Å². The molecule has 1 aliphatic rings. The monoisotopic (exact) mass is 382 g/mol. The number of rotatable bonds is 8. The van der Waals surface area contributed by atoms with Crippen LogP contribution in [0.4, 0.5) is 0 Å². The molecule has 144 valence electrons. The van der Waals surface area contributed by atoms with Crippen LogP contribution in [0.1, 0.15) is 49.9 Å². The van der Waals surface area contributed by atoms with Gasteiger partial charge in [-0.1, -0.05) is 24.9 Å². The zero-order valence-corrected chi connectivity index (χ0v) is 16.2. The molecule has 1 heterocycles. The minimum absolute atomic E-state index is 0.129. The molecular weight excluding hydrogens is 356 g/mol. The summed E-state index contributed by atoms with van der Waals surface area (Å²) in [5, 5.41) is 0.363. The van der Waals surface area contributed by atoms with Gasteiger partial charge in [-0.25, -0.2) is 0 Å². The van der Waals surface area contributed by atoms with Crippen molar-refractivity contribution < 1.29 is 19.1 Å². The second-order valence-electron chi connectivity index (χ2n) is 6.39. The maximum Gasteiger partial charge on any atom is 0.254 e. The van der Waals surface area contributed by atoms with Gasteiger partial charge in [0.25, 0.3) is 5.91 Å². The van der Waals surface area contributed by atoms with Gasteiger partial charge < -0.3 is 20.1 Å². The highest BCUT2D eigenvalue weighted by atomic mass is 35.5. The van der Waals surface area contributed by atoms with E-state index in [1.54, 1.807) is 17.0 Å². The van der Waals surface area contributed by atoms with Gasteiger partial charge in [0.2, 0.25) is 5.91 Å². The fourth-order valence-electron chi connectivity index (χ4n) is 2.96. The van der Waals surface area contributed by atoms with Gasteiger partial charge in [0.15, 0.2) is 11.5 Å². The predicted octanol–water partition coefficient (Wildman–Crippen LogP) is 3.26. The predicted molar refractivity (Wildman–Crippen MR) is 101 cm³/mol. The number of primary amides is 1. The Balaban J connectivity index is 2.15. The average molecular weight is 383 g/mol. The summed E-state index contributed by atoms with van der Waals surface area (Å²) in [6, 6.07) is 3.30. The Morgan fingerprint density at radius 2 is 1.92 bits per heavy atom. The molecule has 1 aromatic carbocycles. The number of hydrogen-bond acceptors (Lipinski definition) is 4. The van der Waals surface area contributed by atoms with Crippen LogP contribution in [-0.4, -0.2) is 43.0 Å². The Kier molecular flexibility index (Phi) is 7.57. The number of nitrogens with zero attached hydrogens (tertiary/aromatic N) is 1. The smallest absolute Gasteiger partial charge is 0.254 e. The third kappa shape index (κ3) is 5.04. The lowest BCUT2D eigenvalue weighted by Crippen LogP contribution is -2.41. The average Bonchev–Trinajstić information content (AvgIpc) is 2.63. The largest absolute Gasteiger partial charge is 0.490 e. The van der Waals surface area contributed by atoms with Crippen molar-refractivity contribution in [2.45, 2.75) is 39.5 Å². The molecule has 2 rings (SSSR count). The molecule has 0 saturated carbocycles. The molecule has 7 heteroatoms. The summed E-state index contributed by atoms with van der Waals surface area (Å²) in [5.74, 6) is 0.372. The maximum absolute atomic E-state index is 12.8. The molecule has 0 aliphatic carbocycles. The van der Waals surface area contributed by atoms with Crippen LogP contribution < -0.4 is 15.2 Å². The second kappa shape index (κ2) is 9.67. The van der Waals surface area contributed by atoms with Crippen molar-refractivity contribution in [2.24, 2.45) is 11.7 Å². The van der Waals surface area contributed by atoms with Gasteiger partial charge in [-0.05, 0) is 38.3 Å². The number of ether oxygens (including phenoxy) is 2. The van der Waals surface area contributed by atoms with Crippen molar-refractivity contribution in [1.29, 1.82) is 0 Å².